The first-order chi connectivity index (χ1) is 13.0. The fourth-order valence-electron chi connectivity index (χ4n) is 3.25. The molecule has 1 saturated heterocycles. The normalized spacial score (nSPS) is 14.5. The number of benzene rings is 2. The van der Waals surface area contributed by atoms with E-state index in [-0.39, 0.29) is 16.6 Å². The van der Waals surface area contributed by atoms with Crippen molar-refractivity contribution in [2.24, 2.45) is 0 Å². The third-order valence-electron chi connectivity index (χ3n) is 4.68. The number of nitrogens with one attached hydrogen (secondary N) is 1. The van der Waals surface area contributed by atoms with E-state index in [0.717, 1.165) is 31.6 Å². The number of carbonyl (C=O) groups is 1. The Kier molecular flexibility index (Phi) is 6.10. The van der Waals surface area contributed by atoms with Crippen LogP contribution in [0.25, 0.3) is 0 Å². The number of halogens is 2. The molecule has 2 aromatic rings. The van der Waals surface area contributed by atoms with Crippen molar-refractivity contribution in [3.63, 3.8) is 0 Å². The Morgan fingerprint density at radius 2 is 1.93 bits per heavy atom. The molecule has 1 heterocycles. The number of methoxy groups -OCH3 is 1. The third-order valence-corrected chi connectivity index (χ3v) is 5.31. The molecule has 0 aliphatic carbocycles. The maximum Gasteiger partial charge on any atom is 0.339 e. The summed E-state index contributed by atoms with van der Waals surface area (Å²) in [6.07, 6.45) is 1.76. The summed E-state index contributed by atoms with van der Waals surface area (Å²) in [5.41, 5.74) is 2.60. The van der Waals surface area contributed by atoms with E-state index in [9.17, 15) is 10.1 Å². The summed E-state index contributed by atoms with van der Waals surface area (Å²) in [6, 6.07) is 13.3. The molecule has 2 aromatic carbocycles. The molecule has 1 N–H and O–H groups in total. The van der Waals surface area contributed by atoms with Crippen LogP contribution < -0.4 is 10.2 Å². The molecule has 1 aliphatic heterocycles. The smallest absolute Gasteiger partial charge is 0.339 e. The molecule has 27 heavy (non-hydrogen) atoms. The Morgan fingerprint density at radius 3 is 2.59 bits per heavy atom. The Morgan fingerprint density at radius 1 is 1.22 bits per heavy atom. The number of nitrogens with zero attached hydrogens (tertiary/aromatic N) is 2. The highest BCUT2D eigenvalue weighted by Crippen LogP contribution is 2.32. The molecule has 3 rings (SSSR count). The summed E-state index contributed by atoms with van der Waals surface area (Å²) in [4.78, 5) is 14.1. The van der Waals surface area contributed by atoms with Crippen LogP contribution in [0.3, 0.4) is 0 Å². The second kappa shape index (κ2) is 8.51. The maximum absolute atomic E-state index is 11.8. The van der Waals surface area contributed by atoms with E-state index in [2.05, 4.69) is 16.3 Å². The van der Waals surface area contributed by atoms with Gasteiger partial charge in [-0.25, -0.2) is 4.79 Å². The Balaban J connectivity index is 1.69. The zero-order chi connectivity index (χ0) is 19.4. The first-order valence-electron chi connectivity index (χ1n) is 8.61. The van der Waals surface area contributed by atoms with Crippen molar-refractivity contribution in [1.29, 1.82) is 5.26 Å². The molecule has 0 aromatic heterocycles. The Hall–Kier alpha value is -2.42. The summed E-state index contributed by atoms with van der Waals surface area (Å²) >= 11 is 12.4. The summed E-state index contributed by atoms with van der Waals surface area (Å²) < 4.78 is 4.76. The number of esters is 1. The molecule has 5 nitrogen and oxygen atoms in total. The minimum Gasteiger partial charge on any atom is -0.465 e. The van der Waals surface area contributed by atoms with Crippen molar-refractivity contribution in [2.75, 3.05) is 30.4 Å². The van der Waals surface area contributed by atoms with Crippen molar-refractivity contribution in [3.8, 4) is 6.07 Å². The van der Waals surface area contributed by atoms with Crippen LogP contribution in [-0.2, 0) is 4.74 Å². The van der Waals surface area contributed by atoms with Gasteiger partial charge in [-0.15, -0.1) is 0 Å². The van der Waals surface area contributed by atoms with Gasteiger partial charge < -0.3 is 15.0 Å². The van der Waals surface area contributed by atoms with Crippen molar-refractivity contribution in [1.82, 2.24) is 0 Å². The number of hydrogen-bond donors (Lipinski definition) is 1. The largest absolute Gasteiger partial charge is 0.465 e. The number of para-hydroxylation sites is 1. The van der Waals surface area contributed by atoms with Crippen molar-refractivity contribution in [3.05, 3.63) is 57.6 Å². The highest BCUT2D eigenvalue weighted by Gasteiger charge is 2.22. The monoisotopic (exact) mass is 403 g/mol. The predicted molar refractivity (Wildman–Crippen MR) is 108 cm³/mol. The average molecular weight is 404 g/mol. The lowest BCUT2D eigenvalue weighted by Gasteiger charge is -2.35. The van der Waals surface area contributed by atoms with Crippen molar-refractivity contribution >= 4 is 40.5 Å². The van der Waals surface area contributed by atoms with Gasteiger partial charge in [0, 0.05) is 19.1 Å². The second-order valence-corrected chi connectivity index (χ2v) is 7.15. The maximum atomic E-state index is 11.8. The first kappa shape index (κ1) is 19.3. The van der Waals surface area contributed by atoms with Crippen LogP contribution in [-0.4, -0.2) is 32.2 Å². The van der Waals surface area contributed by atoms with Gasteiger partial charge in [0.05, 0.1) is 39.7 Å². The topological polar surface area (TPSA) is 65.4 Å². The number of rotatable bonds is 4. The van der Waals surface area contributed by atoms with Crippen molar-refractivity contribution < 1.29 is 9.53 Å². The number of anilines is 2. The number of carbonyl (C=O) groups excluding carboxylic acids is 1. The minimum atomic E-state index is -0.498. The Labute approximate surface area is 168 Å². The van der Waals surface area contributed by atoms with Crippen LogP contribution in [0.2, 0.25) is 10.0 Å². The average Bonchev–Trinajstić information content (AvgIpc) is 2.70. The molecule has 1 aliphatic rings. The lowest BCUT2D eigenvalue weighted by Crippen LogP contribution is -2.39. The van der Waals surface area contributed by atoms with Gasteiger partial charge >= 0.3 is 5.97 Å². The van der Waals surface area contributed by atoms with Gasteiger partial charge in [0.2, 0.25) is 0 Å². The summed E-state index contributed by atoms with van der Waals surface area (Å²) in [5, 5.41) is 13.4. The zero-order valence-corrected chi connectivity index (χ0v) is 16.3. The van der Waals surface area contributed by atoms with Crippen LogP contribution in [0.5, 0.6) is 0 Å². The fourth-order valence-corrected chi connectivity index (χ4v) is 3.77. The van der Waals surface area contributed by atoms with Crippen LogP contribution in [0.1, 0.15) is 28.8 Å². The first-order valence-corrected chi connectivity index (χ1v) is 9.37. The molecule has 0 atom stereocenters. The Bertz CT molecular complexity index is 887. The van der Waals surface area contributed by atoms with Crippen LogP contribution in [0.4, 0.5) is 11.4 Å². The van der Waals surface area contributed by atoms with E-state index in [1.807, 2.05) is 24.3 Å². The standard InChI is InChI=1S/C20H19Cl2N3O2/c1-27-20(26)15-10-18(17(22)11-16(15)21)24-14-6-8-25(9-7-14)19-5-3-2-4-13(19)12-23/h2-5,10-11,14,24H,6-9H2,1H3. The molecule has 0 bridgehead atoms. The SMILES string of the molecule is COC(=O)c1cc(NC2CCN(c3ccccc3C#N)CC2)c(Cl)cc1Cl. The second-order valence-electron chi connectivity index (χ2n) is 6.34. The van der Waals surface area contributed by atoms with Gasteiger partial charge in [0.1, 0.15) is 6.07 Å². The van der Waals surface area contributed by atoms with E-state index in [0.29, 0.717) is 16.3 Å². The fraction of sp³-hybridized carbons (Fsp3) is 0.300. The summed E-state index contributed by atoms with van der Waals surface area (Å²) in [6.45, 7) is 1.65. The lowest BCUT2D eigenvalue weighted by atomic mass is 10.0. The van der Waals surface area contributed by atoms with Gasteiger partial charge in [0.15, 0.2) is 0 Å². The molecular weight excluding hydrogens is 385 g/mol. The number of hydrogen-bond acceptors (Lipinski definition) is 5. The molecule has 0 spiro atoms. The van der Waals surface area contributed by atoms with Crippen molar-refractivity contribution in [2.45, 2.75) is 18.9 Å². The molecule has 7 heteroatoms. The van der Waals surface area contributed by atoms with E-state index in [1.54, 1.807) is 12.1 Å². The van der Waals surface area contributed by atoms with E-state index in [4.69, 9.17) is 27.9 Å². The van der Waals surface area contributed by atoms with Gasteiger partial charge in [0.25, 0.3) is 0 Å². The number of piperidine rings is 1. The molecular formula is C20H19Cl2N3O2. The van der Waals surface area contributed by atoms with Crippen LogP contribution in [0, 0.1) is 11.3 Å². The predicted octanol–water partition coefficient (Wildman–Crippen LogP) is 4.73. The molecule has 0 saturated carbocycles. The zero-order valence-electron chi connectivity index (χ0n) is 14.8. The van der Waals surface area contributed by atoms with Gasteiger partial charge in [-0.1, -0.05) is 35.3 Å². The molecule has 0 amide bonds. The van der Waals surface area contributed by atoms with Crippen LogP contribution in [0.15, 0.2) is 36.4 Å². The lowest BCUT2D eigenvalue weighted by molar-refractivity contribution is 0.0601. The van der Waals surface area contributed by atoms with Gasteiger partial charge in [-0.05, 0) is 37.1 Å². The highest BCUT2D eigenvalue weighted by molar-refractivity contribution is 6.38. The summed E-state index contributed by atoms with van der Waals surface area (Å²) in [5.74, 6) is -0.498. The van der Waals surface area contributed by atoms with E-state index >= 15 is 0 Å². The molecule has 1 fully saturated rings. The van der Waals surface area contributed by atoms with Gasteiger partial charge in [-0.2, -0.15) is 5.26 Å². The highest BCUT2D eigenvalue weighted by atomic mass is 35.5. The quantitative estimate of drug-likeness (QED) is 0.747. The molecule has 0 radical (unpaired) electrons. The van der Waals surface area contributed by atoms with Crippen LogP contribution >= 0.6 is 23.2 Å². The summed E-state index contributed by atoms with van der Waals surface area (Å²) in [7, 11) is 1.31. The number of nitriles is 1. The minimum absolute atomic E-state index is 0.208. The molecule has 140 valence electrons. The van der Waals surface area contributed by atoms with E-state index < -0.39 is 5.97 Å². The third kappa shape index (κ3) is 4.29. The molecule has 0 unspecified atom stereocenters. The van der Waals surface area contributed by atoms with Gasteiger partial charge in [-0.3, -0.25) is 0 Å². The number of ether oxygens (including phenoxy) is 1. The van der Waals surface area contributed by atoms with E-state index in [1.165, 1.54) is 7.11 Å².